The summed E-state index contributed by atoms with van der Waals surface area (Å²) >= 11 is 0. The van der Waals surface area contributed by atoms with Crippen LogP contribution in [0.3, 0.4) is 0 Å². The lowest BCUT2D eigenvalue weighted by atomic mass is 10.1. The topological polar surface area (TPSA) is 109 Å². The van der Waals surface area contributed by atoms with Crippen LogP contribution in [0.4, 0.5) is 0 Å². The van der Waals surface area contributed by atoms with Crippen LogP contribution >= 0.6 is 0 Å². The Balaban J connectivity index is 1.73. The molecule has 3 rings (SSSR count). The molecule has 2 heterocycles. The average molecular weight is 427 g/mol. The number of imidazole rings is 1. The number of esters is 1. The van der Waals surface area contributed by atoms with E-state index in [0.717, 1.165) is 0 Å². The quantitative estimate of drug-likeness (QED) is 0.338. The summed E-state index contributed by atoms with van der Waals surface area (Å²) in [4.78, 5) is 48.0. The van der Waals surface area contributed by atoms with E-state index < -0.39 is 23.5 Å². The van der Waals surface area contributed by atoms with E-state index in [-0.39, 0.29) is 37.7 Å². The van der Waals surface area contributed by atoms with Gasteiger partial charge in [0.15, 0.2) is 0 Å². The molecule has 2 aromatic rings. The third-order valence-corrected chi connectivity index (χ3v) is 4.66. The molecule has 9 nitrogen and oxygen atoms in total. The molecule has 9 heteroatoms. The minimum atomic E-state index is -0.730. The molecule has 1 aromatic heterocycles. The number of aryl methyl sites for hydroxylation is 1. The zero-order valence-electron chi connectivity index (χ0n) is 18.0. The van der Waals surface area contributed by atoms with Gasteiger partial charge in [0.2, 0.25) is 11.8 Å². The number of hydrogen-bond acceptors (Lipinski definition) is 6. The third-order valence-electron chi connectivity index (χ3n) is 4.66. The second-order valence-corrected chi connectivity index (χ2v) is 8.26. The number of carbonyl (C=O) groups excluding carboxylic acids is 3. The van der Waals surface area contributed by atoms with E-state index in [0.29, 0.717) is 16.6 Å². The van der Waals surface area contributed by atoms with E-state index in [1.165, 1.54) is 9.13 Å². The molecule has 0 aliphatic carbocycles. The van der Waals surface area contributed by atoms with E-state index in [9.17, 15) is 19.2 Å². The normalized spacial score (nSPS) is 16.6. The number of nitrogens with zero attached hydrogens (tertiary/aromatic N) is 2. The standard InChI is InChI=1S/C22H25N3O6/c1-22(2,3)31-19(27)13-30-11-5-6-14-7-8-15-17(12-14)24(4)21(29)25(15)16-9-10-18(26)23-20(16)28/h7-8,12,16H,9-11,13H2,1-4H3,(H,23,26,28). The smallest absolute Gasteiger partial charge is 0.332 e. The van der Waals surface area contributed by atoms with Gasteiger partial charge in [0.1, 0.15) is 24.9 Å². The van der Waals surface area contributed by atoms with Crippen LogP contribution in [0.15, 0.2) is 23.0 Å². The van der Waals surface area contributed by atoms with E-state index in [4.69, 9.17) is 9.47 Å². The molecule has 0 radical (unpaired) electrons. The Morgan fingerprint density at radius 1 is 1.23 bits per heavy atom. The maximum absolute atomic E-state index is 12.7. The summed E-state index contributed by atoms with van der Waals surface area (Å²) in [6, 6.07) is 4.49. The van der Waals surface area contributed by atoms with Gasteiger partial charge in [0.25, 0.3) is 0 Å². The number of rotatable bonds is 4. The molecule has 1 atom stereocenters. The van der Waals surface area contributed by atoms with Crippen molar-refractivity contribution in [1.82, 2.24) is 14.5 Å². The molecule has 31 heavy (non-hydrogen) atoms. The van der Waals surface area contributed by atoms with Crippen LogP contribution in [0, 0.1) is 11.8 Å². The Morgan fingerprint density at radius 2 is 1.97 bits per heavy atom. The van der Waals surface area contributed by atoms with E-state index >= 15 is 0 Å². The number of hydrogen-bond donors (Lipinski definition) is 1. The Morgan fingerprint density at radius 3 is 2.65 bits per heavy atom. The SMILES string of the molecule is Cn1c(=O)n(C2CCC(=O)NC2=O)c2ccc(C#CCOCC(=O)OC(C)(C)C)cc21. The van der Waals surface area contributed by atoms with Gasteiger partial charge in [-0.1, -0.05) is 11.8 Å². The molecular formula is C22H25N3O6. The van der Waals surface area contributed by atoms with E-state index in [1.807, 2.05) is 0 Å². The number of benzene rings is 1. The van der Waals surface area contributed by atoms with Gasteiger partial charge in [-0.3, -0.25) is 24.0 Å². The highest BCUT2D eigenvalue weighted by Gasteiger charge is 2.31. The van der Waals surface area contributed by atoms with E-state index in [2.05, 4.69) is 17.2 Å². The molecule has 1 N–H and O–H groups in total. The second-order valence-electron chi connectivity index (χ2n) is 8.26. The van der Waals surface area contributed by atoms with Crippen molar-refractivity contribution < 1.29 is 23.9 Å². The zero-order chi connectivity index (χ0) is 22.8. The number of aromatic nitrogens is 2. The number of amides is 2. The van der Waals surface area contributed by atoms with Crippen molar-refractivity contribution in [2.75, 3.05) is 13.2 Å². The van der Waals surface area contributed by atoms with Gasteiger partial charge < -0.3 is 9.47 Å². The van der Waals surface area contributed by atoms with Gasteiger partial charge in [-0.2, -0.15) is 0 Å². The monoisotopic (exact) mass is 427 g/mol. The zero-order valence-corrected chi connectivity index (χ0v) is 18.0. The second kappa shape index (κ2) is 8.78. The number of ether oxygens (including phenoxy) is 2. The molecule has 1 aromatic carbocycles. The van der Waals surface area contributed by atoms with E-state index in [1.54, 1.807) is 46.0 Å². The highest BCUT2D eigenvalue weighted by molar-refractivity contribution is 6.00. The van der Waals surface area contributed by atoms with Crippen LogP contribution in [0.5, 0.6) is 0 Å². The molecular weight excluding hydrogens is 402 g/mol. The Kier molecular flexibility index (Phi) is 6.32. The Bertz CT molecular complexity index is 1160. The number of piperidine rings is 1. The van der Waals surface area contributed by atoms with Gasteiger partial charge in [-0.25, -0.2) is 9.59 Å². The van der Waals surface area contributed by atoms with Gasteiger partial charge in [0, 0.05) is 19.0 Å². The fourth-order valence-electron chi connectivity index (χ4n) is 3.37. The summed E-state index contributed by atoms with van der Waals surface area (Å²) < 4.78 is 13.2. The maximum Gasteiger partial charge on any atom is 0.332 e. The summed E-state index contributed by atoms with van der Waals surface area (Å²) in [6.45, 7) is 5.20. The predicted molar refractivity (Wildman–Crippen MR) is 112 cm³/mol. The van der Waals surface area contributed by atoms with Crippen LogP contribution in [0.25, 0.3) is 11.0 Å². The first-order chi connectivity index (χ1) is 14.6. The molecule has 1 aliphatic heterocycles. The predicted octanol–water partition coefficient (Wildman–Crippen LogP) is 1.03. The van der Waals surface area contributed by atoms with Crippen LogP contribution < -0.4 is 11.0 Å². The molecule has 1 saturated heterocycles. The first-order valence-corrected chi connectivity index (χ1v) is 9.90. The van der Waals surface area contributed by atoms with Crippen LogP contribution in [0.1, 0.15) is 45.2 Å². The molecule has 1 fully saturated rings. The largest absolute Gasteiger partial charge is 0.458 e. The molecule has 0 saturated carbocycles. The lowest BCUT2D eigenvalue weighted by Gasteiger charge is -2.21. The maximum atomic E-state index is 12.7. The number of carbonyl (C=O) groups is 3. The number of nitrogens with one attached hydrogen (secondary N) is 1. The molecule has 1 aliphatic rings. The minimum Gasteiger partial charge on any atom is -0.458 e. The summed E-state index contributed by atoms with van der Waals surface area (Å²) in [5.74, 6) is 4.49. The molecule has 2 amide bonds. The minimum absolute atomic E-state index is 0.0491. The molecule has 0 bridgehead atoms. The van der Waals surface area contributed by atoms with Crippen molar-refractivity contribution in [2.24, 2.45) is 7.05 Å². The summed E-state index contributed by atoms with van der Waals surface area (Å²) in [6.07, 6.45) is 0.465. The third kappa shape index (κ3) is 5.22. The van der Waals surface area contributed by atoms with Crippen molar-refractivity contribution in [1.29, 1.82) is 0 Å². The highest BCUT2D eigenvalue weighted by Crippen LogP contribution is 2.23. The van der Waals surface area contributed by atoms with Gasteiger partial charge >= 0.3 is 11.7 Å². The molecule has 164 valence electrons. The lowest BCUT2D eigenvalue weighted by Crippen LogP contribution is -2.44. The van der Waals surface area contributed by atoms with Crippen LogP contribution in [-0.2, 0) is 30.9 Å². The van der Waals surface area contributed by atoms with Crippen molar-refractivity contribution in [3.8, 4) is 11.8 Å². The number of fused-ring (bicyclic) bond motifs is 1. The first kappa shape index (κ1) is 22.3. The molecule has 0 spiro atoms. The lowest BCUT2D eigenvalue weighted by molar-refractivity contribution is -0.159. The molecule has 1 unspecified atom stereocenters. The highest BCUT2D eigenvalue weighted by atomic mass is 16.6. The van der Waals surface area contributed by atoms with Gasteiger partial charge in [0.05, 0.1) is 11.0 Å². The summed E-state index contributed by atoms with van der Waals surface area (Å²) in [5, 5.41) is 2.28. The average Bonchev–Trinajstić information content (AvgIpc) is 2.91. The Hall–Kier alpha value is -3.38. The fourth-order valence-corrected chi connectivity index (χ4v) is 3.37. The van der Waals surface area contributed by atoms with Gasteiger partial charge in [-0.15, -0.1) is 0 Å². The fraction of sp³-hybridized carbons (Fsp3) is 0.455. The Labute approximate surface area is 179 Å². The van der Waals surface area contributed by atoms with Crippen molar-refractivity contribution in [3.63, 3.8) is 0 Å². The van der Waals surface area contributed by atoms with Crippen molar-refractivity contribution in [2.45, 2.75) is 45.3 Å². The van der Waals surface area contributed by atoms with Crippen molar-refractivity contribution in [3.05, 3.63) is 34.2 Å². The number of imide groups is 1. The first-order valence-electron chi connectivity index (χ1n) is 9.90. The summed E-state index contributed by atoms with van der Waals surface area (Å²) in [7, 11) is 1.62. The summed E-state index contributed by atoms with van der Waals surface area (Å²) in [5.41, 5.74) is 0.964. The van der Waals surface area contributed by atoms with Crippen molar-refractivity contribution >= 4 is 28.8 Å². The van der Waals surface area contributed by atoms with Gasteiger partial charge in [-0.05, 0) is 45.4 Å². The van der Waals surface area contributed by atoms with Crippen LogP contribution in [0.2, 0.25) is 0 Å². The van der Waals surface area contributed by atoms with Crippen LogP contribution in [-0.4, -0.2) is 45.7 Å².